The van der Waals surface area contributed by atoms with Gasteiger partial charge in [0.2, 0.25) is 10.0 Å². The van der Waals surface area contributed by atoms with Crippen molar-refractivity contribution in [2.24, 2.45) is 5.92 Å². The van der Waals surface area contributed by atoms with Gasteiger partial charge in [0.15, 0.2) is 0 Å². The molecule has 2 fully saturated rings. The van der Waals surface area contributed by atoms with Gasteiger partial charge in [0.25, 0.3) is 0 Å². The number of aromatic nitrogens is 1. The van der Waals surface area contributed by atoms with Crippen molar-refractivity contribution in [3.8, 4) is 0 Å². The first-order valence-corrected chi connectivity index (χ1v) is 9.97. The summed E-state index contributed by atoms with van der Waals surface area (Å²) < 4.78 is 27.3. The zero-order valence-electron chi connectivity index (χ0n) is 13.4. The van der Waals surface area contributed by atoms with Crippen LogP contribution in [0.4, 0.5) is 0 Å². The number of piperidine rings is 1. The van der Waals surface area contributed by atoms with Crippen LogP contribution in [0.2, 0.25) is 0 Å². The van der Waals surface area contributed by atoms with E-state index in [2.05, 4.69) is 11.1 Å². The lowest BCUT2D eigenvalue weighted by atomic mass is 9.94. The number of aryl methyl sites for hydroxylation is 1. The zero-order chi connectivity index (χ0) is 15.6. The van der Waals surface area contributed by atoms with Crippen LogP contribution in [0, 0.1) is 12.8 Å². The summed E-state index contributed by atoms with van der Waals surface area (Å²) in [4.78, 5) is 4.56. The van der Waals surface area contributed by atoms with E-state index in [4.69, 9.17) is 0 Å². The average Bonchev–Trinajstić information content (AvgIpc) is 3.02. The molecule has 1 aromatic heterocycles. The van der Waals surface area contributed by atoms with Gasteiger partial charge in [-0.1, -0.05) is 18.9 Å². The molecule has 2 heterocycles. The molecule has 3 rings (SSSR count). The van der Waals surface area contributed by atoms with E-state index in [1.54, 1.807) is 4.31 Å². The molecule has 0 amide bonds. The highest BCUT2D eigenvalue weighted by Crippen LogP contribution is 2.30. The van der Waals surface area contributed by atoms with Gasteiger partial charge in [-0.3, -0.25) is 4.98 Å². The van der Waals surface area contributed by atoms with Gasteiger partial charge in [0, 0.05) is 24.5 Å². The number of hydrogen-bond donors (Lipinski definition) is 0. The maximum Gasteiger partial charge on any atom is 0.216 e. The van der Waals surface area contributed by atoms with Gasteiger partial charge in [-0.05, 0) is 57.1 Å². The number of nitrogens with zero attached hydrogens (tertiary/aromatic N) is 2. The quantitative estimate of drug-likeness (QED) is 0.856. The van der Waals surface area contributed by atoms with Gasteiger partial charge < -0.3 is 0 Å². The molecule has 22 heavy (non-hydrogen) atoms. The Morgan fingerprint density at radius 2 is 1.95 bits per heavy atom. The lowest BCUT2D eigenvalue weighted by Crippen LogP contribution is -2.44. The minimum absolute atomic E-state index is 0.122. The fourth-order valence-corrected chi connectivity index (χ4v) is 5.98. The Morgan fingerprint density at radius 1 is 1.18 bits per heavy atom. The third-order valence-corrected chi connectivity index (χ3v) is 7.37. The van der Waals surface area contributed by atoms with E-state index >= 15 is 0 Å². The van der Waals surface area contributed by atoms with Crippen LogP contribution < -0.4 is 0 Å². The summed E-state index contributed by atoms with van der Waals surface area (Å²) in [5.41, 5.74) is 2.12. The van der Waals surface area contributed by atoms with Crippen molar-refractivity contribution in [3.63, 3.8) is 0 Å². The van der Waals surface area contributed by atoms with Gasteiger partial charge in [-0.2, -0.15) is 0 Å². The Morgan fingerprint density at radius 3 is 2.68 bits per heavy atom. The van der Waals surface area contributed by atoms with Gasteiger partial charge in [-0.15, -0.1) is 0 Å². The molecule has 1 aromatic rings. The first kappa shape index (κ1) is 15.9. The summed E-state index contributed by atoms with van der Waals surface area (Å²) in [6, 6.07) is 6.09. The van der Waals surface area contributed by atoms with Gasteiger partial charge in [0.05, 0.1) is 5.25 Å². The number of sulfonamides is 1. The molecule has 122 valence electrons. The van der Waals surface area contributed by atoms with E-state index in [-0.39, 0.29) is 5.25 Å². The lowest BCUT2D eigenvalue weighted by molar-refractivity contribution is 0.262. The van der Waals surface area contributed by atoms with Gasteiger partial charge in [0.1, 0.15) is 0 Å². The van der Waals surface area contributed by atoms with E-state index in [1.807, 2.05) is 19.1 Å². The highest BCUT2D eigenvalue weighted by Gasteiger charge is 2.36. The summed E-state index contributed by atoms with van der Waals surface area (Å²) in [6.45, 7) is 3.38. The van der Waals surface area contributed by atoms with Crippen molar-refractivity contribution in [3.05, 3.63) is 29.6 Å². The summed E-state index contributed by atoms with van der Waals surface area (Å²) in [5, 5.41) is -0.122. The molecule has 0 aromatic carbocycles. The highest BCUT2D eigenvalue weighted by molar-refractivity contribution is 7.89. The Labute approximate surface area is 134 Å². The van der Waals surface area contributed by atoms with Crippen LogP contribution in [0.5, 0.6) is 0 Å². The van der Waals surface area contributed by atoms with Crippen LogP contribution >= 0.6 is 0 Å². The largest absolute Gasteiger partial charge is 0.258 e. The van der Waals surface area contributed by atoms with Crippen LogP contribution in [0.25, 0.3) is 0 Å². The predicted molar refractivity (Wildman–Crippen MR) is 88.2 cm³/mol. The molecule has 1 aliphatic carbocycles. The third-order valence-electron chi connectivity index (χ3n) is 5.01. The van der Waals surface area contributed by atoms with Crippen molar-refractivity contribution < 1.29 is 8.42 Å². The second kappa shape index (κ2) is 6.67. The molecule has 4 nitrogen and oxygen atoms in total. The Kier molecular flexibility index (Phi) is 4.83. The summed E-state index contributed by atoms with van der Waals surface area (Å²) in [7, 11) is -3.08. The molecule has 0 bridgehead atoms. The fourth-order valence-electron chi connectivity index (χ4n) is 3.83. The molecule has 0 radical (unpaired) electrons. The second-order valence-corrected chi connectivity index (χ2v) is 9.01. The summed E-state index contributed by atoms with van der Waals surface area (Å²) in [6.07, 6.45) is 6.79. The normalized spacial score (nSPS) is 24.7. The molecule has 1 atom stereocenters. The van der Waals surface area contributed by atoms with Crippen LogP contribution in [-0.4, -0.2) is 36.0 Å². The predicted octanol–water partition coefficient (Wildman–Crippen LogP) is 2.92. The maximum absolute atomic E-state index is 12.8. The Bertz CT molecular complexity index is 609. The molecule has 5 heteroatoms. The first-order valence-electron chi connectivity index (χ1n) is 8.47. The maximum atomic E-state index is 12.8. The third kappa shape index (κ3) is 3.51. The Balaban J connectivity index is 1.66. The van der Waals surface area contributed by atoms with Crippen molar-refractivity contribution >= 4 is 10.0 Å². The van der Waals surface area contributed by atoms with Crippen LogP contribution in [0.15, 0.2) is 18.2 Å². The smallest absolute Gasteiger partial charge is 0.216 e. The van der Waals surface area contributed by atoms with Crippen molar-refractivity contribution in [1.29, 1.82) is 0 Å². The number of hydrogen-bond acceptors (Lipinski definition) is 3. The van der Waals surface area contributed by atoms with Crippen LogP contribution in [0.3, 0.4) is 0 Å². The molecule has 1 saturated heterocycles. The molecule has 2 aliphatic rings. The van der Waals surface area contributed by atoms with E-state index in [0.29, 0.717) is 19.0 Å². The molecular weight excluding hydrogens is 296 g/mol. The summed E-state index contributed by atoms with van der Waals surface area (Å²) in [5.74, 6) is 0.402. The van der Waals surface area contributed by atoms with Gasteiger partial charge in [-0.25, -0.2) is 12.7 Å². The molecule has 1 saturated carbocycles. The van der Waals surface area contributed by atoms with Crippen molar-refractivity contribution in [1.82, 2.24) is 9.29 Å². The molecule has 0 spiro atoms. The standard InChI is InChI=1S/C17H26N2O2S/c1-14-6-4-8-16(18-14)12-15-7-5-11-19(13-15)22(20,21)17-9-2-3-10-17/h4,6,8,15,17H,2-3,5,7,9-13H2,1H3. The van der Waals surface area contributed by atoms with Crippen molar-refractivity contribution in [2.75, 3.05) is 13.1 Å². The molecule has 1 unspecified atom stereocenters. The summed E-state index contributed by atoms with van der Waals surface area (Å²) >= 11 is 0. The average molecular weight is 322 g/mol. The van der Waals surface area contributed by atoms with Crippen molar-refractivity contribution in [2.45, 2.75) is 57.1 Å². The lowest BCUT2D eigenvalue weighted by Gasteiger charge is -2.33. The molecule has 0 N–H and O–H groups in total. The number of pyridine rings is 1. The fraction of sp³-hybridized carbons (Fsp3) is 0.706. The second-order valence-electron chi connectivity index (χ2n) is 6.79. The first-order chi connectivity index (χ1) is 10.6. The number of rotatable bonds is 4. The van der Waals surface area contributed by atoms with E-state index < -0.39 is 10.0 Å². The van der Waals surface area contributed by atoms with Crippen LogP contribution in [-0.2, 0) is 16.4 Å². The molecular formula is C17H26N2O2S. The zero-order valence-corrected chi connectivity index (χ0v) is 14.2. The van der Waals surface area contributed by atoms with Gasteiger partial charge >= 0.3 is 0 Å². The monoisotopic (exact) mass is 322 g/mol. The molecule has 1 aliphatic heterocycles. The van der Waals surface area contributed by atoms with E-state index in [0.717, 1.165) is 56.3 Å². The highest BCUT2D eigenvalue weighted by atomic mass is 32.2. The Hall–Kier alpha value is -0.940. The SMILES string of the molecule is Cc1cccc(CC2CCCN(S(=O)(=O)C3CCCC3)C2)n1. The van der Waals surface area contributed by atoms with Crippen LogP contribution in [0.1, 0.15) is 49.9 Å². The minimum atomic E-state index is -3.08. The van der Waals surface area contributed by atoms with E-state index in [9.17, 15) is 8.42 Å². The minimum Gasteiger partial charge on any atom is -0.258 e. The van der Waals surface area contributed by atoms with E-state index in [1.165, 1.54) is 0 Å². The topological polar surface area (TPSA) is 50.3 Å².